The van der Waals surface area contributed by atoms with Gasteiger partial charge in [-0.05, 0) is 24.1 Å². The van der Waals surface area contributed by atoms with Gasteiger partial charge in [0, 0.05) is 25.5 Å². The van der Waals surface area contributed by atoms with E-state index in [0.29, 0.717) is 19.7 Å². The minimum atomic E-state index is -0.521. The zero-order valence-corrected chi connectivity index (χ0v) is 12.3. The lowest BCUT2D eigenvalue weighted by Gasteiger charge is -2.17. The first-order valence-electron chi connectivity index (χ1n) is 7.20. The Balaban J connectivity index is 1.64. The number of aromatic nitrogens is 1. The molecular weight excluding hydrogens is 264 g/mol. The molecule has 2 aromatic rings. The van der Waals surface area contributed by atoms with Crippen molar-refractivity contribution in [1.82, 2.24) is 10.3 Å². The maximum absolute atomic E-state index is 9.92. The van der Waals surface area contributed by atoms with E-state index in [-0.39, 0.29) is 6.10 Å². The molecule has 0 bridgehead atoms. The standard InChI is InChI=1S/C17H22N2O2/c1-14(16-7-3-2-4-8-16)21-13-17(20)12-19-11-15-6-5-9-18-10-15/h2-10,14,17,19-20H,11-13H2,1H3. The van der Waals surface area contributed by atoms with E-state index in [1.54, 1.807) is 6.20 Å². The molecule has 0 radical (unpaired) electrons. The van der Waals surface area contributed by atoms with Crippen molar-refractivity contribution in [2.45, 2.75) is 25.7 Å². The van der Waals surface area contributed by atoms with Crippen LogP contribution in [-0.2, 0) is 11.3 Å². The average molecular weight is 286 g/mol. The highest BCUT2D eigenvalue weighted by molar-refractivity contribution is 5.16. The first-order chi connectivity index (χ1) is 10.3. The van der Waals surface area contributed by atoms with Gasteiger partial charge in [0.1, 0.15) is 0 Å². The zero-order chi connectivity index (χ0) is 14.9. The van der Waals surface area contributed by atoms with Gasteiger partial charge in [0.15, 0.2) is 0 Å². The van der Waals surface area contributed by atoms with Crippen LogP contribution in [0, 0.1) is 0 Å². The van der Waals surface area contributed by atoms with Crippen molar-refractivity contribution in [3.63, 3.8) is 0 Å². The van der Waals surface area contributed by atoms with E-state index in [2.05, 4.69) is 10.3 Å². The molecule has 0 aliphatic carbocycles. The fourth-order valence-corrected chi connectivity index (χ4v) is 2.02. The quantitative estimate of drug-likeness (QED) is 0.782. The van der Waals surface area contributed by atoms with Gasteiger partial charge in [0.05, 0.1) is 18.8 Å². The molecule has 4 nitrogen and oxygen atoms in total. The van der Waals surface area contributed by atoms with E-state index in [1.165, 1.54) is 0 Å². The number of hydrogen-bond donors (Lipinski definition) is 2. The summed E-state index contributed by atoms with van der Waals surface area (Å²) >= 11 is 0. The molecule has 1 heterocycles. The second-order valence-electron chi connectivity index (χ2n) is 5.03. The Hall–Kier alpha value is -1.75. The van der Waals surface area contributed by atoms with Crippen LogP contribution in [0.25, 0.3) is 0 Å². The van der Waals surface area contributed by atoms with Crippen LogP contribution in [0.3, 0.4) is 0 Å². The van der Waals surface area contributed by atoms with Gasteiger partial charge in [-0.2, -0.15) is 0 Å². The second kappa shape index (κ2) is 8.52. The summed E-state index contributed by atoms with van der Waals surface area (Å²) in [6.45, 7) is 3.50. The van der Waals surface area contributed by atoms with Gasteiger partial charge in [0.2, 0.25) is 0 Å². The molecular formula is C17H22N2O2. The molecule has 0 aliphatic heterocycles. The molecule has 112 valence electrons. The number of nitrogens with zero attached hydrogens (tertiary/aromatic N) is 1. The van der Waals surface area contributed by atoms with Crippen molar-refractivity contribution in [3.05, 3.63) is 66.0 Å². The van der Waals surface area contributed by atoms with Gasteiger partial charge in [0.25, 0.3) is 0 Å². The predicted octanol–water partition coefficient (Wildman–Crippen LogP) is 2.31. The lowest BCUT2D eigenvalue weighted by molar-refractivity contribution is -0.00212. The third-order valence-electron chi connectivity index (χ3n) is 3.24. The van der Waals surface area contributed by atoms with Gasteiger partial charge in [-0.3, -0.25) is 4.98 Å². The van der Waals surface area contributed by atoms with Crippen molar-refractivity contribution >= 4 is 0 Å². The van der Waals surface area contributed by atoms with Crippen LogP contribution in [0.2, 0.25) is 0 Å². The van der Waals surface area contributed by atoms with E-state index in [1.807, 2.05) is 55.6 Å². The molecule has 0 fully saturated rings. The lowest BCUT2D eigenvalue weighted by atomic mass is 10.1. The highest BCUT2D eigenvalue weighted by atomic mass is 16.5. The maximum Gasteiger partial charge on any atom is 0.0898 e. The Labute approximate surface area is 125 Å². The summed E-state index contributed by atoms with van der Waals surface area (Å²) in [6, 6.07) is 13.9. The first kappa shape index (κ1) is 15.6. The van der Waals surface area contributed by atoms with Crippen LogP contribution in [0.1, 0.15) is 24.2 Å². The van der Waals surface area contributed by atoms with Crippen molar-refractivity contribution in [2.24, 2.45) is 0 Å². The van der Waals surface area contributed by atoms with Crippen molar-refractivity contribution in [2.75, 3.05) is 13.2 Å². The van der Waals surface area contributed by atoms with Crippen LogP contribution in [0.5, 0.6) is 0 Å². The summed E-state index contributed by atoms with van der Waals surface area (Å²) in [5.74, 6) is 0. The molecule has 2 unspecified atom stereocenters. The van der Waals surface area contributed by atoms with Crippen LogP contribution >= 0.6 is 0 Å². The molecule has 0 saturated carbocycles. The molecule has 0 spiro atoms. The van der Waals surface area contributed by atoms with Crippen LogP contribution in [0.4, 0.5) is 0 Å². The number of pyridine rings is 1. The van der Waals surface area contributed by atoms with E-state index in [4.69, 9.17) is 4.74 Å². The van der Waals surface area contributed by atoms with Crippen LogP contribution < -0.4 is 5.32 Å². The van der Waals surface area contributed by atoms with Crippen molar-refractivity contribution in [1.29, 1.82) is 0 Å². The molecule has 1 aromatic heterocycles. The maximum atomic E-state index is 9.92. The second-order valence-corrected chi connectivity index (χ2v) is 5.03. The fourth-order valence-electron chi connectivity index (χ4n) is 2.02. The molecule has 0 amide bonds. The van der Waals surface area contributed by atoms with Crippen molar-refractivity contribution in [3.8, 4) is 0 Å². The largest absolute Gasteiger partial charge is 0.389 e. The number of rotatable bonds is 8. The summed E-state index contributed by atoms with van der Waals surface area (Å²) in [4.78, 5) is 4.05. The summed E-state index contributed by atoms with van der Waals surface area (Å²) < 4.78 is 5.69. The SMILES string of the molecule is CC(OCC(O)CNCc1cccnc1)c1ccccc1. The van der Waals surface area contributed by atoms with Crippen LogP contribution in [0.15, 0.2) is 54.9 Å². The van der Waals surface area contributed by atoms with Gasteiger partial charge >= 0.3 is 0 Å². The number of benzene rings is 1. The summed E-state index contributed by atoms with van der Waals surface area (Å²) in [7, 11) is 0. The molecule has 0 aliphatic rings. The topological polar surface area (TPSA) is 54.4 Å². The molecule has 1 aromatic carbocycles. The summed E-state index contributed by atoms with van der Waals surface area (Å²) in [6.07, 6.45) is 3.02. The van der Waals surface area contributed by atoms with E-state index in [9.17, 15) is 5.11 Å². The highest BCUT2D eigenvalue weighted by Crippen LogP contribution is 2.15. The molecule has 2 atom stereocenters. The summed E-state index contributed by atoms with van der Waals surface area (Å²) in [5, 5.41) is 13.1. The Morgan fingerprint density at radius 2 is 2.00 bits per heavy atom. The number of aliphatic hydroxyl groups is 1. The molecule has 2 N–H and O–H groups in total. The molecule has 2 rings (SSSR count). The van der Waals surface area contributed by atoms with Crippen molar-refractivity contribution < 1.29 is 9.84 Å². The van der Waals surface area contributed by atoms with Gasteiger partial charge in [-0.1, -0.05) is 36.4 Å². The average Bonchev–Trinajstić information content (AvgIpc) is 2.54. The molecule has 0 saturated heterocycles. The third kappa shape index (κ3) is 5.63. The number of aliphatic hydroxyl groups excluding tert-OH is 1. The Morgan fingerprint density at radius 1 is 1.19 bits per heavy atom. The predicted molar refractivity (Wildman–Crippen MR) is 82.8 cm³/mol. The number of hydrogen-bond acceptors (Lipinski definition) is 4. The zero-order valence-electron chi connectivity index (χ0n) is 12.3. The Morgan fingerprint density at radius 3 is 2.71 bits per heavy atom. The number of nitrogens with one attached hydrogen (secondary N) is 1. The fraction of sp³-hybridized carbons (Fsp3) is 0.353. The van der Waals surface area contributed by atoms with E-state index < -0.39 is 6.10 Å². The van der Waals surface area contributed by atoms with E-state index >= 15 is 0 Å². The third-order valence-corrected chi connectivity index (χ3v) is 3.24. The van der Waals surface area contributed by atoms with Gasteiger partial charge < -0.3 is 15.2 Å². The Bertz CT molecular complexity index is 505. The normalized spacial score (nSPS) is 13.8. The minimum Gasteiger partial charge on any atom is -0.389 e. The van der Waals surface area contributed by atoms with Crippen LogP contribution in [-0.4, -0.2) is 29.3 Å². The van der Waals surface area contributed by atoms with Gasteiger partial charge in [-0.25, -0.2) is 0 Å². The lowest BCUT2D eigenvalue weighted by Crippen LogP contribution is -2.30. The minimum absolute atomic E-state index is 0.0147. The van der Waals surface area contributed by atoms with E-state index in [0.717, 1.165) is 11.1 Å². The molecule has 21 heavy (non-hydrogen) atoms. The van der Waals surface area contributed by atoms with Gasteiger partial charge in [-0.15, -0.1) is 0 Å². The Kier molecular flexibility index (Phi) is 6.34. The first-order valence-corrected chi connectivity index (χ1v) is 7.20. The monoisotopic (exact) mass is 286 g/mol. The number of ether oxygens (including phenoxy) is 1. The summed E-state index contributed by atoms with van der Waals surface area (Å²) in [5.41, 5.74) is 2.22. The smallest absolute Gasteiger partial charge is 0.0898 e. The highest BCUT2D eigenvalue weighted by Gasteiger charge is 2.09. The molecule has 4 heteroatoms.